The first-order chi connectivity index (χ1) is 10.9. The second kappa shape index (κ2) is 5.60. The van der Waals surface area contributed by atoms with Crippen molar-refractivity contribution in [2.75, 3.05) is 18.0 Å². The average Bonchev–Trinajstić information content (AvgIpc) is 2.60. The number of rotatable bonds is 2. The van der Waals surface area contributed by atoms with Crippen molar-refractivity contribution in [3.63, 3.8) is 0 Å². The number of para-hydroxylation sites is 2. The van der Waals surface area contributed by atoms with Gasteiger partial charge in [-0.05, 0) is 30.9 Å². The van der Waals surface area contributed by atoms with Crippen LogP contribution in [-0.4, -0.2) is 18.1 Å². The summed E-state index contributed by atoms with van der Waals surface area (Å²) in [6, 6.07) is 17.1. The molecule has 1 aliphatic rings. The Morgan fingerprint density at radius 1 is 0.909 bits per heavy atom. The van der Waals surface area contributed by atoms with Gasteiger partial charge in [0.25, 0.3) is 0 Å². The Labute approximate surface area is 131 Å². The molecule has 2 heteroatoms. The summed E-state index contributed by atoms with van der Waals surface area (Å²) in [5.74, 6) is 0.899. The van der Waals surface area contributed by atoms with Gasteiger partial charge in [-0.15, -0.1) is 0 Å². The number of anilines is 1. The topological polar surface area (TPSA) is 16.1 Å². The van der Waals surface area contributed by atoms with Crippen molar-refractivity contribution in [1.82, 2.24) is 4.98 Å². The van der Waals surface area contributed by atoms with Crippen LogP contribution in [0.25, 0.3) is 21.8 Å². The van der Waals surface area contributed by atoms with E-state index in [-0.39, 0.29) is 0 Å². The van der Waals surface area contributed by atoms with Gasteiger partial charge < -0.3 is 4.90 Å². The quantitative estimate of drug-likeness (QED) is 0.616. The van der Waals surface area contributed by atoms with Gasteiger partial charge in [0.1, 0.15) is 0 Å². The van der Waals surface area contributed by atoms with Crippen molar-refractivity contribution < 1.29 is 0 Å². The van der Waals surface area contributed by atoms with Crippen LogP contribution in [0.15, 0.2) is 48.5 Å². The summed E-state index contributed by atoms with van der Waals surface area (Å²) >= 11 is 0. The summed E-state index contributed by atoms with van der Waals surface area (Å²) in [5.41, 5.74) is 3.60. The van der Waals surface area contributed by atoms with E-state index in [2.05, 4.69) is 60.4 Å². The van der Waals surface area contributed by atoms with Crippen LogP contribution < -0.4 is 4.90 Å². The zero-order valence-electron chi connectivity index (χ0n) is 13.1. The van der Waals surface area contributed by atoms with E-state index in [1.54, 1.807) is 0 Å². The SMILES string of the molecule is CCC1CCN(c2c3ccccc3nc3ccccc23)CC1. The molecule has 0 radical (unpaired) electrons. The molecule has 4 rings (SSSR count). The highest BCUT2D eigenvalue weighted by atomic mass is 15.1. The van der Waals surface area contributed by atoms with Crippen LogP contribution in [0.3, 0.4) is 0 Å². The number of aromatic nitrogens is 1. The molecule has 0 spiro atoms. The highest BCUT2D eigenvalue weighted by molar-refractivity contribution is 6.07. The third-order valence-electron chi connectivity index (χ3n) is 5.07. The number of pyridine rings is 1. The van der Waals surface area contributed by atoms with Gasteiger partial charge in [0, 0.05) is 23.9 Å². The number of fused-ring (bicyclic) bond motifs is 2. The monoisotopic (exact) mass is 290 g/mol. The maximum Gasteiger partial charge on any atom is 0.0730 e. The summed E-state index contributed by atoms with van der Waals surface area (Å²) < 4.78 is 0. The van der Waals surface area contributed by atoms with Gasteiger partial charge in [-0.1, -0.05) is 49.7 Å². The van der Waals surface area contributed by atoms with Gasteiger partial charge in [0.2, 0.25) is 0 Å². The number of nitrogens with zero attached hydrogens (tertiary/aromatic N) is 2. The molecule has 22 heavy (non-hydrogen) atoms. The number of hydrogen-bond donors (Lipinski definition) is 0. The van der Waals surface area contributed by atoms with E-state index in [4.69, 9.17) is 4.98 Å². The summed E-state index contributed by atoms with van der Waals surface area (Å²) in [4.78, 5) is 7.42. The lowest BCUT2D eigenvalue weighted by Crippen LogP contribution is -2.33. The first-order valence-corrected chi connectivity index (χ1v) is 8.39. The Morgan fingerprint density at radius 3 is 2.00 bits per heavy atom. The molecule has 1 fully saturated rings. The van der Waals surface area contributed by atoms with Crippen LogP contribution in [-0.2, 0) is 0 Å². The first-order valence-electron chi connectivity index (χ1n) is 8.39. The summed E-state index contributed by atoms with van der Waals surface area (Å²) in [6.07, 6.45) is 3.93. The van der Waals surface area contributed by atoms with Crippen molar-refractivity contribution in [2.24, 2.45) is 5.92 Å². The molecule has 2 aromatic carbocycles. The zero-order valence-corrected chi connectivity index (χ0v) is 13.1. The van der Waals surface area contributed by atoms with Gasteiger partial charge in [-0.3, -0.25) is 0 Å². The average molecular weight is 290 g/mol. The molecule has 2 heterocycles. The lowest BCUT2D eigenvalue weighted by molar-refractivity contribution is 0.396. The van der Waals surface area contributed by atoms with E-state index in [1.807, 2.05) is 0 Å². The van der Waals surface area contributed by atoms with Gasteiger partial charge in [-0.2, -0.15) is 0 Å². The van der Waals surface area contributed by atoms with Crippen molar-refractivity contribution in [1.29, 1.82) is 0 Å². The van der Waals surface area contributed by atoms with Gasteiger partial charge in [-0.25, -0.2) is 4.98 Å². The van der Waals surface area contributed by atoms with E-state index in [1.165, 1.54) is 35.7 Å². The van der Waals surface area contributed by atoms with E-state index < -0.39 is 0 Å². The molecule has 3 aromatic rings. The largest absolute Gasteiger partial charge is 0.370 e. The normalized spacial score (nSPS) is 16.5. The molecule has 0 aliphatic carbocycles. The fourth-order valence-corrected chi connectivity index (χ4v) is 3.72. The number of piperidine rings is 1. The highest BCUT2D eigenvalue weighted by Crippen LogP contribution is 2.36. The Bertz CT molecular complexity index is 747. The molecule has 0 saturated carbocycles. The van der Waals surface area contributed by atoms with Gasteiger partial charge in [0.15, 0.2) is 0 Å². The predicted octanol–water partition coefficient (Wildman–Crippen LogP) is 5.01. The second-order valence-electron chi connectivity index (χ2n) is 6.33. The molecule has 112 valence electrons. The standard InChI is InChI=1S/C20H22N2/c1-2-15-11-13-22(14-12-15)20-16-7-3-5-9-18(16)21-19-10-6-4-8-17(19)20/h3-10,15H,2,11-14H2,1H3. The van der Waals surface area contributed by atoms with Crippen LogP contribution in [0.1, 0.15) is 26.2 Å². The Hall–Kier alpha value is -2.09. The van der Waals surface area contributed by atoms with E-state index in [0.717, 1.165) is 30.0 Å². The first kappa shape index (κ1) is 13.6. The summed E-state index contributed by atoms with van der Waals surface area (Å²) in [5, 5.41) is 2.58. The third-order valence-corrected chi connectivity index (χ3v) is 5.07. The molecule has 0 N–H and O–H groups in total. The van der Waals surface area contributed by atoms with Crippen LogP contribution >= 0.6 is 0 Å². The molecule has 1 aliphatic heterocycles. The van der Waals surface area contributed by atoms with Crippen LogP contribution in [0.5, 0.6) is 0 Å². The summed E-state index contributed by atoms with van der Waals surface area (Å²) in [6.45, 7) is 4.64. The van der Waals surface area contributed by atoms with Gasteiger partial charge >= 0.3 is 0 Å². The lowest BCUT2D eigenvalue weighted by Gasteiger charge is -2.34. The van der Waals surface area contributed by atoms with Gasteiger partial charge in [0.05, 0.1) is 16.7 Å². The maximum atomic E-state index is 4.84. The Balaban J connectivity index is 1.89. The Kier molecular flexibility index (Phi) is 3.45. The van der Waals surface area contributed by atoms with E-state index in [0.29, 0.717) is 0 Å². The predicted molar refractivity (Wildman–Crippen MR) is 94.5 cm³/mol. The fourth-order valence-electron chi connectivity index (χ4n) is 3.72. The molecule has 1 aromatic heterocycles. The van der Waals surface area contributed by atoms with E-state index >= 15 is 0 Å². The molecule has 0 amide bonds. The van der Waals surface area contributed by atoms with E-state index in [9.17, 15) is 0 Å². The molecule has 0 bridgehead atoms. The zero-order chi connectivity index (χ0) is 14.9. The maximum absolute atomic E-state index is 4.84. The second-order valence-corrected chi connectivity index (χ2v) is 6.33. The van der Waals surface area contributed by atoms with Crippen molar-refractivity contribution in [2.45, 2.75) is 26.2 Å². The number of benzene rings is 2. The fraction of sp³-hybridized carbons (Fsp3) is 0.350. The number of hydrogen-bond acceptors (Lipinski definition) is 2. The minimum Gasteiger partial charge on any atom is -0.370 e. The smallest absolute Gasteiger partial charge is 0.0730 e. The molecule has 1 saturated heterocycles. The molecular weight excluding hydrogens is 268 g/mol. The summed E-state index contributed by atoms with van der Waals surface area (Å²) in [7, 11) is 0. The van der Waals surface area contributed by atoms with Crippen molar-refractivity contribution in [3.05, 3.63) is 48.5 Å². The van der Waals surface area contributed by atoms with Crippen molar-refractivity contribution in [3.8, 4) is 0 Å². The highest BCUT2D eigenvalue weighted by Gasteiger charge is 2.21. The van der Waals surface area contributed by atoms with Crippen molar-refractivity contribution >= 4 is 27.5 Å². The Morgan fingerprint density at radius 2 is 1.45 bits per heavy atom. The minimum absolute atomic E-state index is 0.899. The molecular formula is C20H22N2. The minimum atomic E-state index is 0.899. The van der Waals surface area contributed by atoms with Crippen LogP contribution in [0, 0.1) is 5.92 Å². The van der Waals surface area contributed by atoms with Crippen LogP contribution in [0.2, 0.25) is 0 Å². The molecule has 2 nitrogen and oxygen atoms in total. The van der Waals surface area contributed by atoms with Crippen LogP contribution in [0.4, 0.5) is 5.69 Å². The molecule has 0 atom stereocenters. The molecule has 0 unspecified atom stereocenters. The third kappa shape index (κ3) is 2.23. The lowest BCUT2D eigenvalue weighted by atomic mass is 9.93.